The van der Waals surface area contributed by atoms with Gasteiger partial charge in [0.25, 0.3) is 0 Å². The van der Waals surface area contributed by atoms with E-state index in [-0.39, 0.29) is 0 Å². The molecule has 6 heteroatoms. The Morgan fingerprint density at radius 3 is 1.17 bits per heavy atom. The highest BCUT2D eigenvalue weighted by Gasteiger charge is 1.98. The van der Waals surface area contributed by atoms with Gasteiger partial charge < -0.3 is 17.2 Å². The first-order valence-electron chi connectivity index (χ1n) is 3.82. The molecule has 0 aromatic carbocycles. The second kappa shape index (κ2) is 14.8. The van der Waals surface area contributed by atoms with Crippen molar-refractivity contribution in [1.29, 1.82) is 0 Å². The van der Waals surface area contributed by atoms with Crippen LogP contribution in [0.15, 0.2) is 0 Å². The molecule has 0 saturated carbocycles. The lowest BCUT2D eigenvalue weighted by Gasteiger charge is -2.18. The zero-order valence-electron chi connectivity index (χ0n) is 7.18. The van der Waals surface area contributed by atoms with E-state index in [0.29, 0.717) is 19.6 Å². The van der Waals surface area contributed by atoms with Crippen LogP contribution in [0.5, 0.6) is 0 Å². The van der Waals surface area contributed by atoms with Crippen molar-refractivity contribution in [2.75, 3.05) is 39.3 Å². The lowest BCUT2D eigenvalue weighted by atomic mass is 10.4. The van der Waals surface area contributed by atoms with E-state index in [4.69, 9.17) is 17.2 Å². The molecule has 0 aromatic heterocycles. The van der Waals surface area contributed by atoms with Crippen LogP contribution in [0.1, 0.15) is 0 Å². The van der Waals surface area contributed by atoms with Crippen LogP contribution in [0.3, 0.4) is 0 Å². The van der Waals surface area contributed by atoms with Gasteiger partial charge in [-0.05, 0) is 0 Å². The van der Waals surface area contributed by atoms with Gasteiger partial charge in [0.15, 0.2) is 0 Å². The van der Waals surface area contributed by atoms with Crippen LogP contribution in [-0.2, 0) is 0 Å². The van der Waals surface area contributed by atoms with E-state index in [9.17, 15) is 0 Å². The SMILES string of the molecule is II.NCCN(CCN)CCN. The summed E-state index contributed by atoms with van der Waals surface area (Å²) in [6.07, 6.45) is 0. The minimum atomic E-state index is 0.681. The highest BCUT2D eigenvalue weighted by molar-refractivity contribution is 15.0. The summed E-state index contributed by atoms with van der Waals surface area (Å²) in [7, 11) is 0. The van der Waals surface area contributed by atoms with Crippen LogP contribution in [0, 0.1) is 0 Å². The highest BCUT2D eigenvalue weighted by Crippen LogP contribution is 1.89. The summed E-state index contributed by atoms with van der Waals surface area (Å²) in [5.74, 6) is 0. The monoisotopic (exact) mass is 400 g/mol. The van der Waals surface area contributed by atoms with Crippen molar-refractivity contribution >= 4 is 37.2 Å². The molecular formula is C6H18I2N4. The summed E-state index contributed by atoms with van der Waals surface area (Å²) in [6, 6.07) is 0. The molecule has 0 radical (unpaired) electrons. The maximum Gasteiger partial charge on any atom is 0.0106 e. The van der Waals surface area contributed by atoms with Crippen LogP contribution in [0.4, 0.5) is 0 Å². The number of halogens is 2. The molecule has 0 heterocycles. The molecule has 0 bridgehead atoms. The van der Waals surface area contributed by atoms with E-state index < -0.39 is 0 Å². The minimum absolute atomic E-state index is 0.681. The summed E-state index contributed by atoms with van der Waals surface area (Å²) in [4.78, 5) is 2.17. The molecule has 0 saturated heterocycles. The van der Waals surface area contributed by atoms with Crippen molar-refractivity contribution in [2.24, 2.45) is 17.2 Å². The van der Waals surface area contributed by atoms with Gasteiger partial charge in [-0.25, -0.2) is 0 Å². The Balaban J connectivity index is 0. The molecule has 0 atom stereocenters. The van der Waals surface area contributed by atoms with E-state index >= 15 is 0 Å². The van der Waals surface area contributed by atoms with E-state index in [1.54, 1.807) is 0 Å². The van der Waals surface area contributed by atoms with E-state index in [2.05, 4.69) is 42.1 Å². The molecular weight excluding hydrogens is 382 g/mol. The Morgan fingerprint density at radius 1 is 0.750 bits per heavy atom. The molecule has 12 heavy (non-hydrogen) atoms. The largest absolute Gasteiger partial charge is 0.329 e. The van der Waals surface area contributed by atoms with Gasteiger partial charge in [-0.3, -0.25) is 4.90 Å². The Hall–Kier alpha value is 1.30. The number of rotatable bonds is 6. The molecule has 0 aromatic rings. The molecule has 0 unspecified atom stereocenters. The average molecular weight is 400 g/mol. The van der Waals surface area contributed by atoms with Crippen LogP contribution < -0.4 is 17.2 Å². The first-order valence-corrected chi connectivity index (χ1v) is 10.1. The van der Waals surface area contributed by atoms with Crippen LogP contribution in [0.2, 0.25) is 0 Å². The molecule has 0 rings (SSSR count). The number of hydrogen-bond acceptors (Lipinski definition) is 4. The standard InChI is InChI=1S/C6H18N4.I2/c7-1-4-10(5-2-8)6-3-9;1-2/h1-9H2;. The third-order valence-corrected chi connectivity index (χ3v) is 1.34. The van der Waals surface area contributed by atoms with Crippen molar-refractivity contribution < 1.29 is 0 Å². The Labute approximate surface area is 97.9 Å². The number of nitrogens with zero attached hydrogens (tertiary/aromatic N) is 1. The lowest BCUT2D eigenvalue weighted by molar-refractivity contribution is 0.297. The second-order valence-electron chi connectivity index (χ2n) is 2.21. The number of hydrogen-bond donors (Lipinski definition) is 3. The summed E-state index contributed by atoms with van der Waals surface area (Å²) in [6.45, 7) is 4.73. The summed E-state index contributed by atoms with van der Waals surface area (Å²) >= 11 is 4.24. The lowest BCUT2D eigenvalue weighted by Crippen LogP contribution is -2.37. The fraction of sp³-hybridized carbons (Fsp3) is 1.00. The molecule has 0 aliphatic rings. The van der Waals surface area contributed by atoms with Gasteiger partial charge in [-0.2, -0.15) is 0 Å². The summed E-state index contributed by atoms with van der Waals surface area (Å²) in [5.41, 5.74) is 16.1. The van der Waals surface area contributed by atoms with E-state index in [1.165, 1.54) is 0 Å². The van der Waals surface area contributed by atoms with Crippen molar-refractivity contribution in [2.45, 2.75) is 0 Å². The van der Waals surface area contributed by atoms with Crippen molar-refractivity contribution in [3.63, 3.8) is 0 Å². The normalized spacial score (nSPS) is 9.50. The first kappa shape index (κ1) is 15.8. The molecule has 0 amide bonds. The predicted molar refractivity (Wildman–Crippen MR) is 71.6 cm³/mol. The van der Waals surface area contributed by atoms with E-state index in [0.717, 1.165) is 19.6 Å². The Kier molecular flexibility index (Phi) is 19.4. The Morgan fingerprint density at radius 2 is 1.00 bits per heavy atom. The fourth-order valence-corrected chi connectivity index (χ4v) is 0.883. The summed E-state index contributed by atoms with van der Waals surface area (Å²) in [5, 5.41) is 0. The highest BCUT2D eigenvalue weighted by atomic mass is 128. The first-order chi connectivity index (χ1) is 5.85. The van der Waals surface area contributed by atoms with Gasteiger partial charge in [0.2, 0.25) is 0 Å². The topological polar surface area (TPSA) is 81.3 Å². The molecule has 76 valence electrons. The smallest absolute Gasteiger partial charge is 0.0106 e. The maximum atomic E-state index is 5.37. The fourth-order valence-electron chi connectivity index (χ4n) is 0.883. The third-order valence-electron chi connectivity index (χ3n) is 1.34. The molecule has 0 spiro atoms. The predicted octanol–water partition coefficient (Wildman–Crippen LogP) is -0.0641. The molecule has 0 aliphatic heterocycles. The molecule has 0 fully saturated rings. The van der Waals surface area contributed by atoms with Gasteiger partial charge in [0, 0.05) is 76.5 Å². The van der Waals surface area contributed by atoms with Crippen LogP contribution in [0.25, 0.3) is 0 Å². The second-order valence-corrected chi connectivity index (χ2v) is 2.21. The Bertz CT molecular complexity index is 60.3. The van der Waals surface area contributed by atoms with Crippen LogP contribution in [-0.4, -0.2) is 44.2 Å². The van der Waals surface area contributed by atoms with Gasteiger partial charge in [-0.1, -0.05) is 0 Å². The minimum Gasteiger partial charge on any atom is -0.329 e. The third kappa shape index (κ3) is 11.3. The maximum absolute atomic E-state index is 5.37. The van der Waals surface area contributed by atoms with Gasteiger partial charge in [-0.15, -0.1) is 0 Å². The summed E-state index contributed by atoms with van der Waals surface area (Å²) < 4.78 is 0. The van der Waals surface area contributed by atoms with Crippen molar-refractivity contribution in [3.05, 3.63) is 0 Å². The zero-order chi connectivity index (χ0) is 9.82. The van der Waals surface area contributed by atoms with Crippen molar-refractivity contribution in [3.8, 4) is 0 Å². The quantitative estimate of drug-likeness (QED) is 0.546. The number of nitrogens with two attached hydrogens (primary N) is 3. The van der Waals surface area contributed by atoms with E-state index in [1.807, 2.05) is 0 Å². The molecule has 0 aliphatic carbocycles. The van der Waals surface area contributed by atoms with Crippen molar-refractivity contribution in [1.82, 2.24) is 4.90 Å². The van der Waals surface area contributed by atoms with Gasteiger partial charge in [0.1, 0.15) is 0 Å². The van der Waals surface area contributed by atoms with Gasteiger partial charge >= 0.3 is 0 Å². The van der Waals surface area contributed by atoms with Gasteiger partial charge in [0.05, 0.1) is 0 Å². The molecule has 4 nitrogen and oxygen atoms in total. The average Bonchev–Trinajstić information content (AvgIpc) is 2.10. The zero-order valence-corrected chi connectivity index (χ0v) is 11.5. The van der Waals surface area contributed by atoms with Crippen LogP contribution >= 0.6 is 37.2 Å². The molecule has 6 N–H and O–H groups in total.